The SMILES string of the molecule is CC1CC1Nc1ccc(C(N)=S)c(Br)c1. The Balaban J connectivity index is 2.14. The quantitative estimate of drug-likeness (QED) is 0.839. The third-order valence-electron chi connectivity index (χ3n) is 2.70. The van der Waals surface area contributed by atoms with Crippen LogP contribution >= 0.6 is 28.1 Å². The van der Waals surface area contributed by atoms with Gasteiger partial charge in [-0.2, -0.15) is 0 Å². The highest BCUT2D eigenvalue weighted by atomic mass is 79.9. The fourth-order valence-corrected chi connectivity index (χ4v) is 2.44. The van der Waals surface area contributed by atoms with Gasteiger partial charge in [-0.3, -0.25) is 0 Å². The van der Waals surface area contributed by atoms with Crippen molar-refractivity contribution in [3.05, 3.63) is 28.2 Å². The lowest BCUT2D eigenvalue weighted by Crippen LogP contribution is -2.10. The molecule has 1 aliphatic carbocycles. The molecule has 0 amide bonds. The molecule has 2 rings (SSSR count). The average molecular weight is 285 g/mol. The van der Waals surface area contributed by atoms with Crippen LogP contribution in [0.3, 0.4) is 0 Å². The lowest BCUT2D eigenvalue weighted by Gasteiger charge is -2.08. The Kier molecular flexibility index (Phi) is 2.98. The lowest BCUT2D eigenvalue weighted by atomic mass is 10.2. The van der Waals surface area contributed by atoms with E-state index in [0.717, 1.165) is 21.6 Å². The van der Waals surface area contributed by atoms with Crippen LogP contribution in [0.25, 0.3) is 0 Å². The topological polar surface area (TPSA) is 38.0 Å². The second-order valence-electron chi connectivity index (χ2n) is 4.02. The first kappa shape index (κ1) is 10.9. The normalized spacial score (nSPS) is 23.6. The molecule has 0 heterocycles. The van der Waals surface area contributed by atoms with Crippen LogP contribution < -0.4 is 11.1 Å². The highest BCUT2D eigenvalue weighted by Crippen LogP contribution is 2.33. The predicted molar refractivity (Wildman–Crippen MR) is 71.2 cm³/mol. The molecule has 1 aromatic carbocycles. The molecule has 1 aliphatic rings. The summed E-state index contributed by atoms with van der Waals surface area (Å²) in [5.74, 6) is 0.791. The van der Waals surface area contributed by atoms with Gasteiger partial charge in [-0.15, -0.1) is 0 Å². The van der Waals surface area contributed by atoms with E-state index in [9.17, 15) is 0 Å². The fraction of sp³-hybridized carbons (Fsp3) is 0.364. The van der Waals surface area contributed by atoms with Gasteiger partial charge < -0.3 is 11.1 Å². The van der Waals surface area contributed by atoms with Crippen LogP contribution in [0.2, 0.25) is 0 Å². The Hall–Kier alpha value is -0.610. The Labute approximate surface area is 103 Å². The first-order valence-electron chi connectivity index (χ1n) is 4.94. The summed E-state index contributed by atoms with van der Waals surface area (Å²) in [6.45, 7) is 2.25. The Bertz CT molecular complexity index is 406. The maximum Gasteiger partial charge on any atom is 0.105 e. The number of nitrogens with two attached hydrogens (primary N) is 1. The smallest absolute Gasteiger partial charge is 0.105 e. The fourth-order valence-electron chi connectivity index (χ4n) is 1.54. The Morgan fingerprint density at radius 2 is 2.27 bits per heavy atom. The molecule has 2 unspecified atom stereocenters. The van der Waals surface area contributed by atoms with Crippen LogP contribution in [0.1, 0.15) is 18.9 Å². The van der Waals surface area contributed by atoms with Gasteiger partial charge in [0, 0.05) is 21.8 Å². The third-order valence-corrected chi connectivity index (χ3v) is 3.57. The van der Waals surface area contributed by atoms with Crippen molar-refractivity contribution in [3.8, 4) is 0 Å². The van der Waals surface area contributed by atoms with Gasteiger partial charge in [-0.05, 0) is 46.5 Å². The molecule has 1 aromatic rings. The number of nitrogens with one attached hydrogen (secondary N) is 1. The number of benzene rings is 1. The second kappa shape index (κ2) is 4.10. The summed E-state index contributed by atoms with van der Waals surface area (Å²) in [4.78, 5) is 0.424. The molecular weight excluding hydrogens is 272 g/mol. The van der Waals surface area contributed by atoms with E-state index in [4.69, 9.17) is 18.0 Å². The summed E-state index contributed by atoms with van der Waals surface area (Å²) in [5, 5.41) is 3.46. The lowest BCUT2D eigenvalue weighted by molar-refractivity contribution is 0.929. The van der Waals surface area contributed by atoms with Crippen molar-refractivity contribution < 1.29 is 0 Å². The van der Waals surface area contributed by atoms with Crippen molar-refractivity contribution in [2.75, 3.05) is 5.32 Å². The summed E-state index contributed by atoms with van der Waals surface area (Å²) >= 11 is 8.40. The highest BCUT2D eigenvalue weighted by Gasteiger charge is 2.32. The zero-order valence-corrected chi connectivity index (χ0v) is 10.9. The van der Waals surface area contributed by atoms with Gasteiger partial charge in [0.15, 0.2) is 0 Å². The van der Waals surface area contributed by atoms with Gasteiger partial charge in [0.1, 0.15) is 4.99 Å². The molecule has 80 valence electrons. The molecule has 0 spiro atoms. The number of anilines is 1. The van der Waals surface area contributed by atoms with Crippen LogP contribution in [0.15, 0.2) is 22.7 Å². The van der Waals surface area contributed by atoms with Crippen LogP contribution in [-0.2, 0) is 0 Å². The van der Waals surface area contributed by atoms with Crippen LogP contribution in [-0.4, -0.2) is 11.0 Å². The van der Waals surface area contributed by atoms with Gasteiger partial charge >= 0.3 is 0 Å². The predicted octanol–water partition coefficient (Wildman–Crippen LogP) is 2.90. The number of thiocarbonyl (C=S) groups is 1. The first-order chi connectivity index (χ1) is 7.08. The molecule has 15 heavy (non-hydrogen) atoms. The van der Waals surface area contributed by atoms with Crippen molar-refractivity contribution in [1.82, 2.24) is 0 Å². The van der Waals surface area contributed by atoms with Gasteiger partial charge in [-0.1, -0.05) is 19.1 Å². The summed E-state index contributed by atoms with van der Waals surface area (Å²) in [5.41, 5.74) is 7.59. The molecule has 0 bridgehead atoms. The minimum atomic E-state index is 0.424. The largest absolute Gasteiger partial charge is 0.389 e. The van der Waals surface area contributed by atoms with E-state index in [-0.39, 0.29) is 0 Å². The van der Waals surface area contributed by atoms with Crippen molar-refractivity contribution in [1.29, 1.82) is 0 Å². The summed E-state index contributed by atoms with van der Waals surface area (Å²) in [6.07, 6.45) is 1.26. The van der Waals surface area contributed by atoms with Gasteiger partial charge in [0.2, 0.25) is 0 Å². The van der Waals surface area contributed by atoms with Crippen LogP contribution in [0, 0.1) is 5.92 Å². The Morgan fingerprint density at radius 1 is 1.60 bits per heavy atom. The van der Waals surface area contributed by atoms with E-state index in [2.05, 4.69) is 28.2 Å². The van der Waals surface area contributed by atoms with Crippen molar-refractivity contribution in [2.45, 2.75) is 19.4 Å². The Morgan fingerprint density at radius 3 is 2.73 bits per heavy atom. The van der Waals surface area contributed by atoms with E-state index < -0.39 is 0 Å². The maximum atomic E-state index is 5.58. The zero-order valence-electron chi connectivity index (χ0n) is 8.46. The molecule has 2 nitrogen and oxygen atoms in total. The number of hydrogen-bond acceptors (Lipinski definition) is 2. The molecule has 0 saturated heterocycles. The van der Waals surface area contributed by atoms with E-state index in [1.807, 2.05) is 18.2 Å². The molecule has 3 N–H and O–H groups in total. The van der Waals surface area contributed by atoms with Crippen molar-refractivity contribution >= 4 is 38.8 Å². The average Bonchev–Trinajstić information content (AvgIpc) is 2.81. The first-order valence-corrected chi connectivity index (χ1v) is 6.14. The molecule has 0 radical (unpaired) electrons. The highest BCUT2D eigenvalue weighted by molar-refractivity contribution is 9.10. The van der Waals surface area contributed by atoms with E-state index in [1.54, 1.807) is 0 Å². The maximum absolute atomic E-state index is 5.58. The molecule has 0 aromatic heterocycles. The van der Waals surface area contributed by atoms with Crippen molar-refractivity contribution in [2.24, 2.45) is 11.7 Å². The van der Waals surface area contributed by atoms with E-state index in [0.29, 0.717) is 11.0 Å². The standard InChI is InChI=1S/C11H13BrN2S/c1-6-4-10(6)14-7-2-3-8(11(13)15)9(12)5-7/h2-3,5-6,10,14H,4H2,1H3,(H2,13,15). The number of hydrogen-bond donors (Lipinski definition) is 2. The van der Waals surface area contributed by atoms with E-state index in [1.165, 1.54) is 6.42 Å². The number of rotatable bonds is 3. The summed E-state index contributed by atoms with van der Waals surface area (Å²) in [7, 11) is 0. The van der Waals surface area contributed by atoms with Gasteiger partial charge in [-0.25, -0.2) is 0 Å². The third kappa shape index (κ3) is 2.49. The molecule has 1 fully saturated rings. The molecule has 4 heteroatoms. The monoisotopic (exact) mass is 284 g/mol. The molecule has 1 saturated carbocycles. The van der Waals surface area contributed by atoms with Crippen molar-refractivity contribution in [3.63, 3.8) is 0 Å². The van der Waals surface area contributed by atoms with E-state index >= 15 is 0 Å². The summed E-state index contributed by atoms with van der Waals surface area (Å²) < 4.78 is 0.952. The van der Waals surface area contributed by atoms with Crippen LogP contribution in [0.4, 0.5) is 5.69 Å². The minimum Gasteiger partial charge on any atom is -0.389 e. The molecular formula is C11H13BrN2S. The number of halogens is 1. The zero-order chi connectivity index (χ0) is 11.0. The van der Waals surface area contributed by atoms with Gasteiger partial charge in [0.25, 0.3) is 0 Å². The van der Waals surface area contributed by atoms with Crippen LogP contribution in [0.5, 0.6) is 0 Å². The second-order valence-corrected chi connectivity index (χ2v) is 5.32. The summed E-state index contributed by atoms with van der Waals surface area (Å²) in [6, 6.07) is 6.62. The van der Waals surface area contributed by atoms with Gasteiger partial charge in [0.05, 0.1) is 0 Å². The molecule has 0 aliphatic heterocycles. The minimum absolute atomic E-state index is 0.424. The molecule has 2 atom stereocenters.